The van der Waals surface area contributed by atoms with Crippen LogP contribution in [0.25, 0.3) is 0 Å². The van der Waals surface area contributed by atoms with E-state index in [2.05, 4.69) is 15.9 Å². The summed E-state index contributed by atoms with van der Waals surface area (Å²) in [5, 5.41) is 0.523. The molecule has 5 nitrogen and oxygen atoms in total. The molecule has 136 valence electrons. The SMILES string of the molecule is CC(C)(C)OC(=O)N1CCN(C(=O)c2cc(Cl)cc(Br)c2)C2(CC2)C1. The van der Waals surface area contributed by atoms with Gasteiger partial charge in [0.15, 0.2) is 0 Å². The van der Waals surface area contributed by atoms with Crippen molar-refractivity contribution in [1.82, 2.24) is 9.80 Å². The summed E-state index contributed by atoms with van der Waals surface area (Å²) in [4.78, 5) is 28.9. The van der Waals surface area contributed by atoms with Crippen LogP contribution in [0.1, 0.15) is 44.0 Å². The van der Waals surface area contributed by atoms with Crippen molar-refractivity contribution >= 4 is 39.5 Å². The van der Waals surface area contributed by atoms with Crippen molar-refractivity contribution in [2.45, 2.75) is 44.8 Å². The van der Waals surface area contributed by atoms with Crippen LogP contribution >= 0.6 is 27.5 Å². The van der Waals surface area contributed by atoms with Crippen LogP contribution in [0, 0.1) is 0 Å². The number of hydrogen-bond acceptors (Lipinski definition) is 3. The molecule has 0 aromatic heterocycles. The van der Waals surface area contributed by atoms with Crippen LogP contribution in [0.4, 0.5) is 4.79 Å². The van der Waals surface area contributed by atoms with Crippen molar-refractivity contribution in [1.29, 1.82) is 0 Å². The summed E-state index contributed by atoms with van der Waals surface area (Å²) in [6.45, 7) is 7.07. The minimum Gasteiger partial charge on any atom is -0.444 e. The minimum atomic E-state index is -0.520. The van der Waals surface area contributed by atoms with Gasteiger partial charge in [0.2, 0.25) is 0 Å². The van der Waals surface area contributed by atoms with Gasteiger partial charge in [-0.2, -0.15) is 0 Å². The molecule has 2 aliphatic rings. The fourth-order valence-corrected chi connectivity index (χ4v) is 4.04. The maximum absolute atomic E-state index is 13.0. The Morgan fingerprint density at radius 2 is 1.88 bits per heavy atom. The minimum absolute atomic E-state index is 0.0375. The first-order valence-corrected chi connectivity index (χ1v) is 9.53. The molecule has 1 aliphatic carbocycles. The number of hydrogen-bond donors (Lipinski definition) is 0. The fraction of sp³-hybridized carbons (Fsp3) is 0.556. The molecule has 1 heterocycles. The van der Waals surface area contributed by atoms with Crippen molar-refractivity contribution in [2.24, 2.45) is 0 Å². The lowest BCUT2D eigenvalue weighted by Crippen LogP contribution is -2.58. The smallest absolute Gasteiger partial charge is 0.410 e. The Kier molecular flexibility index (Phi) is 4.79. The molecular weight excluding hydrogens is 408 g/mol. The van der Waals surface area contributed by atoms with Crippen LogP contribution in [-0.2, 0) is 4.74 Å². The summed E-state index contributed by atoms with van der Waals surface area (Å²) in [6.07, 6.45) is 1.50. The van der Waals surface area contributed by atoms with Gasteiger partial charge in [0.05, 0.1) is 5.54 Å². The van der Waals surface area contributed by atoms with Crippen molar-refractivity contribution < 1.29 is 14.3 Å². The molecule has 1 saturated heterocycles. The first kappa shape index (κ1) is 18.5. The highest BCUT2D eigenvalue weighted by molar-refractivity contribution is 9.10. The fourth-order valence-electron chi connectivity index (χ4n) is 3.18. The summed E-state index contributed by atoms with van der Waals surface area (Å²) in [7, 11) is 0. The quantitative estimate of drug-likeness (QED) is 0.668. The third-order valence-corrected chi connectivity index (χ3v) is 5.16. The Labute approximate surface area is 161 Å². The van der Waals surface area contributed by atoms with Crippen molar-refractivity contribution in [3.05, 3.63) is 33.3 Å². The lowest BCUT2D eigenvalue weighted by atomic mass is 10.1. The molecule has 2 amide bonds. The second kappa shape index (κ2) is 6.47. The van der Waals surface area contributed by atoms with E-state index in [1.165, 1.54) is 0 Å². The average molecular weight is 430 g/mol. The van der Waals surface area contributed by atoms with Crippen LogP contribution in [-0.4, -0.2) is 52.6 Å². The van der Waals surface area contributed by atoms with Gasteiger partial charge in [0, 0.05) is 34.7 Å². The molecule has 3 rings (SSSR count). The van der Waals surface area contributed by atoms with E-state index in [1.807, 2.05) is 25.7 Å². The number of piperazine rings is 1. The Hall–Kier alpha value is -1.27. The molecule has 1 aliphatic heterocycles. The Bertz CT molecular complexity index is 693. The molecule has 0 N–H and O–H groups in total. The van der Waals surface area contributed by atoms with Gasteiger partial charge in [-0.05, 0) is 51.8 Å². The predicted molar refractivity (Wildman–Crippen MR) is 100.0 cm³/mol. The van der Waals surface area contributed by atoms with E-state index in [-0.39, 0.29) is 17.5 Å². The molecule has 0 radical (unpaired) electrons. The highest BCUT2D eigenvalue weighted by Crippen LogP contribution is 2.45. The predicted octanol–water partition coefficient (Wildman–Crippen LogP) is 4.33. The molecule has 2 fully saturated rings. The topological polar surface area (TPSA) is 49.9 Å². The Morgan fingerprint density at radius 3 is 2.44 bits per heavy atom. The maximum Gasteiger partial charge on any atom is 0.410 e. The largest absolute Gasteiger partial charge is 0.444 e. The Morgan fingerprint density at radius 1 is 1.20 bits per heavy atom. The van der Waals surface area contributed by atoms with Crippen LogP contribution in [0.3, 0.4) is 0 Å². The van der Waals surface area contributed by atoms with E-state index in [0.717, 1.165) is 17.3 Å². The van der Waals surface area contributed by atoms with Gasteiger partial charge in [-0.1, -0.05) is 27.5 Å². The molecule has 1 spiro atoms. The molecule has 7 heteroatoms. The summed E-state index contributed by atoms with van der Waals surface area (Å²) in [5.74, 6) is -0.0375. The zero-order chi connectivity index (χ0) is 18.4. The molecule has 1 aromatic carbocycles. The van der Waals surface area contributed by atoms with Gasteiger partial charge in [-0.15, -0.1) is 0 Å². The normalized spacial score (nSPS) is 19.1. The molecular formula is C18H22BrClN2O3. The average Bonchev–Trinajstić information content (AvgIpc) is 3.23. The summed E-state index contributed by atoms with van der Waals surface area (Å²) >= 11 is 9.46. The standard InChI is InChI=1S/C18H22BrClN2O3/c1-17(2,3)25-16(24)21-6-7-22(18(11-21)4-5-18)15(23)12-8-13(19)10-14(20)9-12/h8-10H,4-7,11H2,1-3H3. The highest BCUT2D eigenvalue weighted by Gasteiger charge is 2.54. The van der Waals surface area contributed by atoms with Gasteiger partial charge >= 0.3 is 6.09 Å². The number of carbonyl (C=O) groups is 2. The van der Waals surface area contributed by atoms with E-state index >= 15 is 0 Å². The van der Waals surface area contributed by atoms with Gasteiger partial charge < -0.3 is 14.5 Å². The third kappa shape index (κ3) is 4.11. The number of nitrogens with zero attached hydrogens (tertiary/aromatic N) is 2. The molecule has 1 saturated carbocycles. The van der Waals surface area contributed by atoms with Crippen molar-refractivity contribution in [3.8, 4) is 0 Å². The first-order chi connectivity index (χ1) is 11.6. The molecule has 0 atom stereocenters. The zero-order valence-corrected chi connectivity index (χ0v) is 17.0. The second-order valence-electron chi connectivity index (χ2n) is 7.74. The lowest BCUT2D eigenvalue weighted by molar-refractivity contribution is 0.000635. The molecule has 25 heavy (non-hydrogen) atoms. The number of halogens is 2. The summed E-state index contributed by atoms with van der Waals surface area (Å²) in [5.41, 5.74) is -0.217. The van der Waals surface area contributed by atoms with Crippen molar-refractivity contribution in [3.63, 3.8) is 0 Å². The molecule has 0 unspecified atom stereocenters. The van der Waals surface area contributed by atoms with E-state index in [0.29, 0.717) is 30.2 Å². The van der Waals surface area contributed by atoms with E-state index in [9.17, 15) is 9.59 Å². The Balaban J connectivity index is 1.74. The molecule has 1 aromatic rings. The number of carbonyl (C=O) groups excluding carboxylic acids is 2. The van der Waals surface area contributed by atoms with E-state index in [4.69, 9.17) is 16.3 Å². The number of benzene rings is 1. The van der Waals surface area contributed by atoms with Gasteiger partial charge in [0.25, 0.3) is 5.91 Å². The summed E-state index contributed by atoms with van der Waals surface area (Å²) in [6, 6.07) is 5.22. The summed E-state index contributed by atoms with van der Waals surface area (Å²) < 4.78 is 6.25. The second-order valence-corrected chi connectivity index (χ2v) is 9.09. The zero-order valence-electron chi connectivity index (χ0n) is 14.6. The van der Waals surface area contributed by atoms with Crippen LogP contribution in [0.2, 0.25) is 5.02 Å². The van der Waals surface area contributed by atoms with Crippen LogP contribution in [0.5, 0.6) is 0 Å². The van der Waals surface area contributed by atoms with Gasteiger partial charge in [-0.25, -0.2) is 4.79 Å². The number of rotatable bonds is 1. The van der Waals surface area contributed by atoms with E-state index in [1.54, 1.807) is 23.1 Å². The number of ether oxygens (including phenoxy) is 1. The third-order valence-electron chi connectivity index (χ3n) is 4.48. The maximum atomic E-state index is 13.0. The monoisotopic (exact) mass is 428 g/mol. The lowest BCUT2D eigenvalue weighted by Gasteiger charge is -2.42. The first-order valence-electron chi connectivity index (χ1n) is 8.36. The van der Waals surface area contributed by atoms with Crippen molar-refractivity contribution in [2.75, 3.05) is 19.6 Å². The molecule has 0 bridgehead atoms. The van der Waals surface area contributed by atoms with Gasteiger partial charge in [-0.3, -0.25) is 4.79 Å². The highest BCUT2D eigenvalue weighted by atomic mass is 79.9. The number of amides is 2. The van der Waals surface area contributed by atoms with Crippen LogP contribution < -0.4 is 0 Å². The van der Waals surface area contributed by atoms with E-state index < -0.39 is 5.60 Å². The van der Waals surface area contributed by atoms with Crippen LogP contribution in [0.15, 0.2) is 22.7 Å². The van der Waals surface area contributed by atoms with Gasteiger partial charge in [0.1, 0.15) is 5.60 Å².